The molecular formula is C15H20ClNO3S. The second-order valence-corrected chi connectivity index (χ2v) is 8.56. The molecule has 1 saturated carbocycles. The number of carbonyl (C=O) groups excluding carboxylic acids is 1. The summed E-state index contributed by atoms with van der Waals surface area (Å²) in [7, 11) is 3.33. The Labute approximate surface area is 130 Å². The summed E-state index contributed by atoms with van der Waals surface area (Å²) in [4.78, 5) is 14.2. The van der Waals surface area contributed by atoms with E-state index in [-0.39, 0.29) is 10.8 Å². The molecule has 21 heavy (non-hydrogen) atoms. The number of rotatable bonds is 4. The van der Waals surface area contributed by atoms with Gasteiger partial charge in [0.2, 0.25) is 0 Å². The summed E-state index contributed by atoms with van der Waals surface area (Å²) in [6.45, 7) is 6.35. The van der Waals surface area contributed by atoms with Gasteiger partial charge in [-0.1, -0.05) is 13.0 Å². The van der Waals surface area contributed by atoms with Crippen molar-refractivity contribution in [1.82, 2.24) is 4.90 Å². The Balaban J connectivity index is 2.32. The summed E-state index contributed by atoms with van der Waals surface area (Å²) in [5, 5.41) is 0. The lowest BCUT2D eigenvalue weighted by Gasteiger charge is -2.19. The van der Waals surface area contributed by atoms with Gasteiger partial charge in [0.15, 0.2) is 0 Å². The van der Waals surface area contributed by atoms with Gasteiger partial charge < -0.3 is 4.90 Å². The first-order valence-corrected chi connectivity index (χ1v) is 9.23. The topological polar surface area (TPSA) is 54.5 Å². The molecule has 2 rings (SSSR count). The van der Waals surface area contributed by atoms with Crippen molar-refractivity contribution in [3.63, 3.8) is 0 Å². The summed E-state index contributed by atoms with van der Waals surface area (Å²) in [6.07, 6.45) is 1.14. The molecule has 0 saturated heterocycles. The zero-order chi connectivity index (χ0) is 15.9. The number of amides is 1. The SMILES string of the molecule is Cc1cc(C)c(S(=O)(=O)Cl)cc1C(=O)N(C)CC1CC1C. The maximum atomic E-state index is 12.5. The molecule has 1 aromatic rings. The number of halogens is 1. The second kappa shape index (κ2) is 5.61. The van der Waals surface area contributed by atoms with Gasteiger partial charge in [-0.25, -0.2) is 8.42 Å². The van der Waals surface area contributed by atoms with Crippen LogP contribution < -0.4 is 0 Å². The predicted octanol–water partition coefficient (Wildman–Crippen LogP) is 2.96. The Morgan fingerprint density at radius 1 is 1.33 bits per heavy atom. The molecule has 1 aromatic carbocycles. The van der Waals surface area contributed by atoms with Gasteiger partial charge >= 0.3 is 0 Å². The van der Waals surface area contributed by atoms with Crippen LogP contribution in [0.2, 0.25) is 0 Å². The summed E-state index contributed by atoms with van der Waals surface area (Å²) in [5.74, 6) is 1.06. The first-order valence-electron chi connectivity index (χ1n) is 6.92. The highest BCUT2D eigenvalue weighted by atomic mass is 35.7. The third-order valence-corrected chi connectivity index (χ3v) is 5.61. The predicted molar refractivity (Wildman–Crippen MR) is 83.2 cm³/mol. The summed E-state index contributed by atoms with van der Waals surface area (Å²) >= 11 is 0. The lowest BCUT2D eigenvalue weighted by atomic mass is 10.0. The van der Waals surface area contributed by atoms with Crippen LogP contribution in [-0.2, 0) is 9.05 Å². The molecule has 2 atom stereocenters. The number of hydrogen-bond acceptors (Lipinski definition) is 3. The summed E-state index contributed by atoms with van der Waals surface area (Å²) < 4.78 is 23.2. The molecular weight excluding hydrogens is 310 g/mol. The largest absolute Gasteiger partial charge is 0.341 e. The Morgan fingerprint density at radius 3 is 2.38 bits per heavy atom. The number of carbonyl (C=O) groups is 1. The molecule has 2 unspecified atom stereocenters. The van der Waals surface area contributed by atoms with Crippen molar-refractivity contribution in [3.05, 3.63) is 28.8 Å². The number of nitrogens with zero attached hydrogens (tertiary/aromatic N) is 1. The van der Waals surface area contributed by atoms with Gasteiger partial charge in [0.25, 0.3) is 15.0 Å². The molecule has 0 N–H and O–H groups in total. The third-order valence-electron chi connectivity index (χ3n) is 4.15. The first-order chi connectivity index (χ1) is 9.61. The van der Waals surface area contributed by atoms with Crippen LogP contribution in [0.3, 0.4) is 0 Å². The van der Waals surface area contributed by atoms with Crippen molar-refractivity contribution in [2.45, 2.75) is 32.1 Å². The monoisotopic (exact) mass is 329 g/mol. The lowest BCUT2D eigenvalue weighted by molar-refractivity contribution is 0.0786. The van der Waals surface area contributed by atoms with E-state index in [1.54, 1.807) is 31.9 Å². The van der Waals surface area contributed by atoms with Crippen LogP contribution in [-0.4, -0.2) is 32.8 Å². The minimum absolute atomic E-state index is 0.00584. The third kappa shape index (κ3) is 3.58. The van der Waals surface area contributed by atoms with Crippen LogP contribution in [0.25, 0.3) is 0 Å². The molecule has 4 nitrogen and oxygen atoms in total. The zero-order valence-corrected chi connectivity index (χ0v) is 14.3. The van der Waals surface area contributed by atoms with Crippen LogP contribution in [0.5, 0.6) is 0 Å². The van der Waals surface area contributed by atoms with E-state index in [1.807, 2.05) is 0 Å². The molecule has 0 spiro atoms. The fourth-order valence-electron chi connectivity index (χ4n) is 2.62. The Hall–Kier alpha value is -1.07. The van der Waals surface area contributed by atoms with Crippen molar-refractivity contribution in [1.29, 1.82) is 0 Å². The van der Waals surface area contributed by atoms with E-state index in [9.17, 15) is 13.2 Å². The molecule has 0 radical (unpaired) electrons. The molecule has 1 fully saturated rings. The van der Waals surface area contributed by atoms with Crippen molar-refractivity contribution >= 4 is 25.6 Å². The lowest BCUT2D eigenvalue weighted by Crippen LogP contribution is -2.29. The highest BCUT2D eigenvalue weighted by Gasteiger charge is 2.34. The Morgan fingerprint density at radius 2 is 1.90 bits per heavy atom. The fourth-order valence-corrected chi connectivity index (χ4v) is 3.82. The van der Waals surface area contributed by atoms with Gasteiger partial charge in [0.05, 0.1) is 4.90 Å². The smallest absolute Gasteiger partial charge is 0.261 e. The molecule has 0 aliphatic heterocycles. The summed E-state index contributed by atoms with van der Waals surface area (Å²) in [6, 6.07) is 3.08. The van der Waals surface area contributed by atoms with Crippen LogP contribution in [0.1, 0.15) is 34.8 Å². The molecule has 0 heterocycles. The molecule has 0 aromatic heterocycles. The van der Waals surface area contributed by atoms with Gasteiger partial charge in [0.1, 0.15) is 0 Å². The van der Waals surface area contributed by atoms with Crippen molar-refractivity contribution < 1.29 is 13.2 Å². The summed E-state index contributed by atoms with van der Waals surface area (Å²) in [5.41, 5.74) is 1.71. The normalized spacial score (nSPS) is 21.2. The number of aryl methyl sites for hydroxylation is 2. The molecule has 0 bridgehead atoms. The second-order valence-electron chi connectivity index (χ2n) is 6.03. The Kier molecular flexibility index (Phi) is 4.36. The van der Waals surface area contributed by atoms with E-state index < -0.39 is 9.05 Å². The van der Waals surface area contributed by atoms with Crippen LogP contribution in [0.15, 0.2) is 17.0 Å². The van der Waals surface area contributed by atoms with Gasteiger partial charge in [0, 0.05) is 29.8 Å². The highest BCUT2D eigenvalue weighted by molar-refractivity contribution is 8.13. The van der Waals surface area contributed by atoms with E-state index in [1.165, 1.54) is 6.07 Å². The van der Waals surface area contributed by atoms with E-state index in [0.717, 1.165) is 12.0 Å². The minimum atomic E-state index is -3.85. The minimum Gasteiger partial charge on any atom is -0.341 e. The molecule has 1 aliphatic carbocycles. The molecule has 116 valence electrons. The molecule has 1 amide bonds. The quantitative estimate of drug-likeness (QED) is 0.798. The fraction of sp³-hybridized carbons (Fsp3) is 0.533. The van der Waals surface area contributed by atoms with Gasteiger partial charge in [-0.3, -0.25) is 4.79 Å². The van der Waals surface area contributed by atoms with Gasteiger partial charge in [-0.2, -0.15) is 0 Å². The molecule has 1 aliphatic rings. The van der Waals surface area contributed by atoms with E-state index in [0.29, 0.717) is 29.5 Å². The molecule has 6 heteroatoms. The Bertz CT molecular complexity index is 684. The number of hydrogen-bond donors (Lipinski definition) is 0. The van der Waals surface area contributed by atoms with Crippen LogP contribution in [0.4, 0.5) is 0 Å². The maximum Gasteiger partial charge on any atom is 0.261 e. The maximum absolute atomic E-state index is 12.5. The average Bonchev–Trinajstić information content (AvgIpc) is 3.02. The van der Waals surface area contributed by atoms with E-state index in [4.69, 9.17) is 10.7 Å². The van der Waals surface area contributed by atoms with Gasteiger partial charge in [-0.05, 0) is 49.3 Å². The van der Waals surface area contributed by atoms with Crippen molar-refractivity contribution in [2.75, 3.05) is 13.6 Å². The van der Waals surface area contributed by atoms with Crippen molar-refractivity contribution in [2.24, 2.45) is 11.8 Å². The van der Waals surface area contributed by atoms with Gasteiger partial charge in [-0.15, -0.1) is 0 Å². The van der Waals surface area contributed by atoms with Crippen LogP contribution >= 0.6 is 10.7 Å². The standard InChI is InChI=1S/C15H20ClNO3S/c1-9-6-12(9)8-17(4)15(18)13-7-14(21(16,19)20)11(3)5-10(13)2/h5,7,9,12H,6,8H2,1-4H3. The van der Waals surface area contributed by atoms with Crippen LogP contribution in [0, 0.1) is 25.7 Å². The number of benzene rings is 1. The van der Waals surface area contributed by atoms with E-state index in [2.05, 4.69) is 6.92 Å². The zero-order valence-electron chi connectivity index (χ0n) is 12.7. The average molecular weight is 330 g/mol. The first kappa shape index (κ1) is 16.3. The highest BCUT2D eigenvalue weighted by Crippen LogP contribution is 2.38. The van der Waals surface area contributed by atoms with E-state index >= 15 is 0 Å². The van der Waals surface area contributed by atoms with Crippen molar-refractivity contribution in [3.8, 4) is 0 Å².